The van der Waals surface area contributed by atoms with Gasteiger partial charge in [-0.15, -0.1) is 0 Å². The second-order valence-electron chi connectivity index (χ2n) is 4.44. The van der Waals surface area contributed by atoms with Gasteiger partial charge in [0.2, 0.25) is 0 Å². The standard InChI is InChI=1S/C15H20N2O/c1-4-18-10-9-17(3)15-12(2)11-13-7-5-6-8-14(13)16-15/h5-8,11H,4,9-10H2,1-3H3. The lowest BCUT2D eigenvalue weighted by Gasteiger charge is -2.20. The summed E-state index contributed by atoms with van der Waals surface area (Å²) in [6.07, 6.45) is 0. The number of rotatable bonds is 5. The maximum Gasteiger partial charge on any atom is 0.132 e. The number of hydrogen-bond donors (Lipinski definition) is 0. The van der Waals surface area contributed by atoms with Crippen molar-refractivity contribution in [2.45, 2.75) is 13.8 Å². The van der Waals surface area contributed by atoms with Crippen LogP contribution in [0.2, 0.25) is 0 Å². The fourth-order valence-corrected chi connectivity index (χ4v) is 2.05. The van der Waals surface area contributed by atoms with Gasteiger partial charge in [0.1, 0.15) is 5.82 Å². The molecular weight excluding hydrogens is 224 g/mol. The number of pyridine rings is 1. The number of ether oxygens (including phenoxy) is 1. The number of fused-ring (bicyclic) bond motifs is 1. The first-order valence-corrected chi connectivity index (χ1v) is 6.37. The molecule has 0 spiro atoms. The minimum Gasteiger partial charge on any atom is -0.380 e. The van der Waals surface area contributed by atoms with Crippen LogP contribution in [0.5, 0.6) is 0 Å². The monoisotopic (exact) mass is 244 g/mol. The summed E-state index contributed by atoms with van der Waals surface area (Å²) in [5.41, 5.74) is 2.24. The minimum atomic E-state index is 0.737. The number of aryl methyl sites for hydroxylation is 1. The first-order chi connectivity index (χ1) is 8.72. The van der Waals surface area contributed by atoms with Crippen molar-refractivity contribution >= 4 is 16.7 Å². The van der Waals surface area contributed by atoms with Crippen molar-refractivity contribution in [3.63, 3.8) is 0 Å². The molecule has 0 aliphatic carbocycles. The Kier molecular flexibility index (Phi) is 4.15. The number of benzene rings is 1. The van der Waals surface area contributed by atoms with Gasteiger partial charge >= 0.3 is 0 Å². The van der Waals surface area contributed by atoms with Crippen molar-refractivity contribution in [2.75, 3.05) is 31.7 Å². The molecule has 96 valence electrons. The van der Waals surface area contributed by atoms with E-state index in [2.05, 4.69) is 37.1 Å². The van der Waals surface area contributed by atoms with E-state index in [-0.39, 0.29) is 0 Å². The molecule has 0 aliphatic rings. The molecule has 1 heterocycles. The van der Waals surface area contributed by atoms with Crippen LogP contribution in [0.3, 0.4) is 0 Å². The molecule has 0 unspecified atom stereocenters. The Bertz CT molecular complexity index is 525. The highest BCUT2D eigenvalue weighted by atomic mass is 16.5. The fraction of sp³-hybridized carbons (Fsp3) is 0.400. The van der Waals surface area contributed by atoms with Crippen LogP contribution in [0.25, 0.3) is 10.9 Å². The first-order valence-electron chi connectivity index (χ1n) is 6.37. The predicted octanol–water partition coefficient (Wildman–Crippen LogP) is 3.02. The maximum atomic E-state index is 5.38. The van der Waals surface area contributed by atoms with Crippen molar-refractivity contribution in [3.8, 4) is 0 Å². The Morgan fingerprint density at radius 3 is 2.83 bits per heavy atom. The third kappa shape index (κ3) is 2.79. The molecule has 0 saturated heterocycles. The van der Waals surface area contributed by atoms with Crippen molar-refractivity contribution in [3.05, 3.63) is 35.9 Å². The molecule has 0 radical (unpaired) electrons. The quantitative estimate of drug-likeness (QED) is 0.756. The van der Waals surface area contributed by atoms with Crippen molar-refractivity contribution < 1.29 is 4.74 Å². The first kappa shape index (κ1) is 12.8. The normalized spacial score (nSPS) is 10.8. The van der Waals surface area contributed by atoms with Crippen LogP contribution in [0.1, 0.15) is 12.5 Å². The van der Waals surface area contributed by atoms with Crippen LogP contribution in [0.15, 0.2) is 30.3 Å². The topological polar surface area (TPSA) is 25.4 Å². The number of para-hydroxylation sites is 1. The van der Waals surface area contributed by atoms with Gasteiger partial charge in [0.25, 0.3) is 0 Å². The number of nitrogens with zero attached hydrogens (tertiary/aromatic N) is 2. The van der Waals surface area contributed by atoms with Gasteiger partial charge in [0.05, 0.1) is 12.1 Å². The van der Waals surface area contributed by atoms with Crippen LogP contribution in [0.4, 0.5) is 5.82 Å². The van der Waals surface area contributed by atoms with Gasteiger partial charge in [-0.2, -0.15) is 0 Å². The largest absolute Gasteiger partial charge is 0.380 e. The molecule has 1 aromatic carbocycles. The molecule has 0 fully saturated rings. The summed E-state index contributed by atoms with van der Waals surface area (Å²) >= 11 is 0. The van der Waals surface area contributed by atoms with Crippen LogP contribution in [-0.4, -0.2) is 31.8 Å². The summed E-state index contributed by atoms with van der Waals surface area (Å²) in [6.45, 7) is 6.48. The molecule has 1 aromatic heterocycles. The summed E-state index contributed by atoms with van der Waals surface area (Å²) in [4.78, 5) is 6.87. The number of likely N-dealkylation sites (N-methyl/N-ethyl adjacent to an activating group) is 1. The Hall–Kier alpha value is -1.61. The molecule has 2 rings (SSSR count). The number of aromatic nitrogens is 1. The zero-order valence-electron chi connectivity index (χ0n) is 11.3. The predicted molar refractivity (Wildman–Crippen MR) is 76.2 cm³/mol. The molecule has 0 aliphatic heterocycles. The maximum absolute atomic E-state index is 5.38. The SMILES string of the molecule is CCOCCN(C)c1nc2ccccc2cc1C. The smallest absolute Gasteiger partial charge is 0.132 e. The Labute approximate surface area is 108 Å². The zero-order chi connectivity index (χ0) is 13.0. The molecule has 0 atom stereocenters. The molecule has 2 aromatic rings. The molecule has 3 nitrogen and oxygen atoms in total. The van der Waals surface area contributed by atoms with Crippen molar-refractivity contribution in [2.24, 2.45) is 0 Å². The van der Waals surface area contributed by atoms with Crippen LogP contribution in [-0.2, 0) is 4.74 Å². The van der Waals surface area contributed by atoms with E-state index in [1.807, 2.05) is 19.1 Å². The lowest BCUT2D eigenvalue weighted by Crippen LogP contribution is -2.24. The van der Waals surface area contributed by atoms with Crippen LogP contribution < -0.4 is 4.90 Å². The van der Waals surface area contributed by atoms with E-state index in [1.54, 1.807) is 0 Å². The number of hydrogen-bond acceptors (Lipinski definition) is 3. The average molecular weight is 244 g/mol. The van der Waals surface area contributed by atoms with Crippen molar-refractivity contribution in [1.29, 1.82) is 0 Å². The van der Waals surface area contributed by atoms with Crippen LogP contribution >= 0.6 is 0 Å². The lowest BCUT2D eigenvalue weighted by molar-refractivity contribution is 0.154. The van der Waals surface area contributed by atoms with Gasteiger partial charge < -0.3 is 9.64 Å². The zero-order valence-corrected chi connectivity index (χ0v) is 11.3. The highest BCUT2D eigenvalue weighted by Crippen LogP contribution is 2.21. The summed E-state index contributed by atoms with van der Waals surface area (Å²) in [6, 6.07) is 10.4. The van der Waals surface area contributed by atoms with Gasteiger partial charge in [0, 0.05) is 25.6 Å². The minimum absolute atomic E-state index is 0.737. The van der Waals surface area contributed by atoms with E-state index >= 15 is 0 Å². The van der Waals surface area contributed by atoms with Gasteiger partial charge in [0.15, 0.2) is 0 Å². The third-order valence-electron chi connectivity index (χ3n) is 3.02. The van der Waals surface area contributed by atoms with Gasteiger partial charge in [-0.1, -0.05) is 18.2 Å². The van der Waals surface area contributed by atoms with Gasteiger partial charge in [-0.25, -0.2) is 4.98 Å². The lowest BCUT2D eigenvalue weighted by atomic mass is 10.1. The Morgan fingerprint density at radius 1 is 1.28 bits per heavy atom. The molecular formula is C15H20N2O. The van der Waals surface area contributed by atoms with E-state index in [0.717, 1.165) is 31.1 Å². The summed E-state index contributed by atoms with van der Waals surface area (Å²) in [5, 5.41) is 1.19. The molecule has 0 bridgehead atoms. The second kappa shape index (κ2) is 5.83. The van der Waals surface area contributed by atoms with E-state index in [1.165, 1.54) is 10.9 Å². The summed E-state index contributed by atoms with van der Waals surface area (Å²) < 4.78 is 5.38. The van der Waals surface area contributed by atoms with Gasteiger partial charge in [-0.05, 0) is 31.5 Å². The molecule has 0 N–H and O–H groups in total. The Morgan fingerprint density at radius 2 is 2.06 bits per heavy atom. The molecule has 0 saturated carbocycles. The molecule has 3 heteroatoms. The van der Waals surface area contributed by atoms with E-state index in [0.29, 0.717) is 0 Å². The Balaban J connectivity index is 2.24. The van der Waals surface area contributed by atoms with Crippen molar-refractivity contribution in [1.82, 2.24) is 4.98 Å². The fourth-order valence-electron chi connectivity index (χ4n) is 2.05. The highest BCUT2D eigenvalue weighted by molar-refractivity contribution is 5.81. The highest BCUT2D eigenvalue weighted by Gasteiger charge is 2.07. The number of anilines is 1. The average Bonchev–Trinajstić information content (AvgIpc) is 2.38. The third-order valence-corrected chi connectivity index (χ3v) is 3.02. The molecule has 0 amide bonds. The second-order valence-corrected chi connectivity index (χ2v) is 4.44. The van der Waals surface area contributed by atoms with Crippen LogP contribution in [0, 0.1) is 6.92 Å². The molecule has 18 heavy (non-hydrogen) atoms. The van der Waals surface area contributed by atoms with E-state index in [9.17, 15) is 0 Å². The summed E-state index contributed by atoms with van der Waals surface area (Å²) in [7, 11) is 2.06. The van der Waals surface area contributed by atoms with Gasteiger partial charge in [-0.3, -0.25) is 0 Å². The van der Waals surface area contributed by atoms with E-state index in [4.69, 9.17) is 9.72 Å². The summed E-state index contributed by atoms with van der Waals surface area (Å²) in [5.74, 6) is 1.04. The van der Waals surface area contributed by atoms with E-state index < -0.39 is 0 Å².